The molecule has 8 aliphatic rings. The van der Waals surface area contributed by atoms with Crippen molar-refractivity contribution in [2.45, 2.75) is 156 Å². The first-order valence-corrected chi connectivity index (χ1v) is 20.3. The number of aliphatic hydroxyl groups excluding tert-OH is 1. The smallest absolute Gasteiger partial charge is 0.303 e. The molecule has 2 aliphatic heterocycles. The van der Waals surface area contributed by atoms with Crippen molar-refractivity contribution in [3.8, 4) is 0 Å². The van der Waals surface area contributed by atoms with Crippen LogP contribution in [0.25, 0.3) is 0 Å². The van der Waals surface area contributed by atoms with Crippen molar-refractivity contribution < 1.29 is 34.0 Å². The summed E-state index contributed by atoms with van der Waals surface area (Å²) in [6.45, 7) is 19.3. The van der Waals surface area contributed by atoms with Crippen molar-refractivity contribution in [2.24, 2.45) is 50.7 Å². The molecule has 0 radical (unpaired) electrons. The second kappa shape index (κ2) is 12.1. The molecule has 8 heteroatoms. The number of nitrogens with zero attached hydrogens (tertiary/aromatic N) is 1. The number of ether oxygens (including phenoxy) is 4. The number of morpholine rings is 1. The van der Waals surface area contributed by atoms with E-state index in [4.69, 9.17) is 18.9 Å². The van der Waals surface area contributed by atoms with Gasteiger partial charge in [0.15, 0.2) is 12.4 Å². The Morgan fingerprint density at radius 2 is 1.78 bits per heavy atom. The van der Waals surface area contributed by atoms with E-state index < -0.39 is 29.9 Å². The summed E-state index contributed by atoms with van der Waals surface area (Å²) >= 11 is 0. The number of hydrogen-bond donors (Lipinski definition) is 2. The highest BCUT2D eigenvalue weighted by atomic mass is 16.7. The van der Waals surface area contributed by atoms with Crippen molar-refractivity contribution in [2.75, 3.05) is 19.7 Å². The van der Waals surface area contributed by atoms with Crippen LogP contribution in [-0.4, -0.2) is 83.2 Å². The minimum Gasteiger partial charge on any atom is -0.457 e. The van der Waals surface area contributed by atoms with Gasteiger partial charge < -0.3 is 34.1 Å². The molecule has 0 aromatic rings. The SMILES string of the molecule is CC(=O)O[C@@H](C1C[C@@H](C)[C@H]2[C@@H](O1)[C@H](O)[C@@]1(C)C3CC[C@H]4C(C)(C)[C@@H](O[C@H]5CN(C6=CC=CC=CC6)CCO5)CC[C@@]45C[C@@]35CC[C@]21C)C(C)(C)O. The minimum atomic E-state index is -1.25. The Balaban J connectivity index is 1.01. The van der Waals surface area contributed by atoms with Gasteiger partial charge in [-0.15, -0.1) is 0 Å². The molecule has 2 N–H and O–H groups in total. The van der Waals surface area contributed by atoms with Crippen molar-refractivity contribution in [1.29, 1.82) is 0 Å². The molecule has 14 atom stereocenters. The van der Waals surface area contributed by atoms with Gasteiger partial charge in [-0.3, -0.25) is 4.79 Å². The van der Waals surface area contributed by atoms with Gasteiger partial charge >= 0.3 is 5.97 Å². The molecule has 0 aromatic heterocycles. The van der Waals surface area contributed by atoms with Gasteiger partial charge in [0.05, 0.1) is 43.2 Å². The lowest BCUT2D eigenvalue weighted by Crippen LogP contribution is -2.60. The first kappa shape index (κ1) is 36.3. The van der Waals surface area contributed by atoms with E-state index in [2.05, 4.69) is 69.9 Å². The van der Waals surface area contributed by atoms with Crippen LogP contribution in [-0.2, 0) is 23.7 Å². The second-order valence-corrected chi connectivity index (χ2v) is 19.8. The Bertz CT molecular complexity index is 1480. The molecule has 2 unspecified atom stereocenters. The van der Waals surface area contributed by atoms with E-state index in [1.165, 1.54) is 38.3 Å². The average Bonchev–Trinajstić information content (AvgIpc) is 3.77. The maximum atomic E-state index is 12.6. The molecule has 8 nitrogen and oxygen atoms in total. The fourth-order valence-electron chi connectivity index (χ4n) is 14.5. The van der Waals surface area contributed by atoms with Crippen LogP contribution < -0.4 is 0 Å². The fourth-order valence-corrected chi connectivity index (χ4v) is 14.5. The summed E-state index contributed by atoms with van der Waals surface area (Å²) in [5.41, 5.74) is 0.327. The van der Waals surface area contributed by atoms with E-state index in [0.29, 0.717) is 30.3 Å². The predicted octanol–water partition coefficient (Wildman–Crippen LogP) is 6.95. The van der Waals surface area contributed by atoms with Gasteiger partial charge in [0.1, 0.15) is 0 Å². The molecule has 2 spiro atoms. The maximum Gasteiger partial charge on any atom is 0.303 e. The molecule has 6 aliphatic carbocycles. The molecule has 2 heterocycles. The van der Waals surface area contributed by atoms with Gasteiger partial charge in [0.25, 0.3) is 0 Å². The van der Waals surface area contributed by atoms with Gasteiger partial charge in [-0.25, -0.2) is 0 Å². The average molecular weight is 708 g/mol. The lowest BCUT2D eigenvalue weighted by Gasteiger charge is -2.64. The largest absolute Gasteiger partial charge is 0.457 e. The van der Waals surface area contributed by atoms with Crippen LogP contribution in [0.4, 0.5) is 0 Å². The molecule has 284 valence electrons. The molecule has 5 saturated carbocycles. The highest BCUT2D eigenvalue weighted by Gasteiger charge is 2.84. The number of fused-ring (bicyclic) bond motifs is 4. The number of esters is 1. The van der Waals surface area contributed by atoms with Crippen LogP contribution in [0.2, 0.25) is 0 Å². The van der Waals surface area contributed by atoms with E-state index in [0.717, 1.165) is 38.8 Å². The quantitative estimate of drug-likeness (QED) is 0.287. The second-order valence-electron chi connectivity index (χ2n) is 19.8. The van der Waals surface area contributed by atoms with Gasteiger partial charge in [0.2, 0.25) is 0 Å². The zero-order valence-electron chi connectivity index (χ0n) is 32.5. The zero-order valence-corrected chi connectivity index (χ0v) is 32.5. The Kier molecular flexibility index (Phi) is 8.64. The van der Waals surface area contributed by atoms with Gasteiger partial charge in [-0.2, -0.15) is 0 Å². The number of allylic oxidation sites excluding steroid dienone is 5. The third-order valence-corrected chi connectivity index (χ3v) is 16.8. The lowest BCUT2D eigenvalue weighted by molar-refractivity contribution is -0.246. The Morgan fingerprint density at radius 3 is 2.53 bits per heavy atom. The van der Waals surface area contributed by atoms with Gasteiger partial charge in [-0.1, -0.05) is 58.9 Å². The molecular formula is C43H65NO7. The van der Waals surface area contributed by atoms with E-state index in [1.807, 2.05) is 0 Å². The van der Waals surface area contributed by atoms with E-state index in [9.17, 15) is 15.0 Å². The number of hydrogen-bond acceptors (Lipinski definition) is 8. The van der Waals surface area contributed by atoms with Crippen LogP contribution in [0.5, 0.6) is 0 Å². The van der Waals surface area contributed by atoms with Gasteiger partial charge in [0, 0.05) is 31.0 Å². The zero-order chi connectivity index (χ0) is 36.4. The van der Waals surface area contributed by atoms with Crippen molar-refractivity contribution in [3.05, 3.63) is 36.1 Å². The molecule has 0 aromatic carbocycles. The third kappa shape index (κ3) is 5.18. The lowest BCUT2D eigenvalue weighted by atomic mass is 9.41. The maximum absolute atomic E-state index is 12.6. The standard InChI is InChI=1S/C43H65NO7/c1-26-23-29(37(39(5,6)47)49-27(2)45)50-35-34(26)40(7)19-20-43-25-42(43)18-17-32(38(3,4)30(42)15-16-31(43)41(40,8)36(35)46)51-33-24-44(21-22-48-33)28-13-11-9-10-12-14-28/h9-13,26,29-37,46-47H,14-25H2,1-8H3/t26-,29?,30+,31?,32+,33+,34+,35-,36+,37+,40-,41-,42-,43+/m1/s1. The van der Waals surface area contributed by atoms with Crippen LogP contribution in [0, 0.1) is 50.7 Å². The molecule has 7 fully saturated rings. The van der Waals surface area contributed by atoms with Crippen LogP contribution in [0.1, 0.15) is 113 Å². The molecule has 0 amide bonds. The number of rotatable bonds is 6. The van der Waals surface area contributed by atoms with Gasteiger partial charge in [-0.05, 0) is 117 Å². The van der Waals surface area contributed by atoms with E-state index >= 15 is 0 Å². The van der Waals surface area contributed by atoms with Crippen molar-refractivity contribution >= 4 is 5.97 Å². The summed E-state index contributed by atoms with van der Waals surface area (Å²) in [5.74, 6) is 1.09. The summed E-state index contributed by atoms with van der Waals surface area (Å²) < 4.78 is 25.9. The summed E-state index contributed by atoms with van der Waals surface area (Å²) in [6.07, 6.45) is 18.4. The Labute approximate surface area is 306 Å². The normalized spacial score (nSPS) is 48.9. The summed E-state index contributed by atoms with van der Waals surface area (Å²) in [6, 6.07) is 0. The minimum absolute atomic E-state index is 0.0308. The molecule has 51 heavy (non-hydrogen) atoms. The number of carbonyl (C=O) groups excluding carboxylic acids is 1. The Hall–Kier alpha value is -1.71. The highest BCUT2D eigenvalue weighted by molar-refractivity contribution is 5.66. The molecule has 0 bridgehead atoms. The monoisotopic (exact) mass is 707 g/mol. The highest BCUT2D eigenvalue weighted by Crippen LogP contribution is 2.89. The van der Waals surface area contributed by atoms with E-state index in [-0.39, 0.29) is 52.0 Å². The molecule has 8 rings (SSSR count). The van der Waals surface area contributed by atoms with Crippen LogP contribution >= 0.6 is 0 Å². The van der Waals surface area contributed by atoms with Crippen molar-refractivity contribution in [3.63, 3.8) is 0 Å². The first-order chi connectivity index (χ1) is 24.0. The summed E-state index contributed by atoms with van der Waals surface area (Å²) in [7, 11) is 0. The summed E-state index contributed by atoms with van der Waals surface area (Å²) in [5, 5.41) is 23.7. The van der Waals surface area contributed by atoms with Crippen LogP contribution in [0.3, 0.4) is 0 Å². The molecular weight excluding hydrogens is 642 g/mol. The predicted molar refractivity (Wildman–Crippen MR) is 195 cm³/mol. The first-order valence-electron chi connectivity index (χ1n) is 20.3. The molecule has 2 saturated heterocycles. The topological polar surface area (TPSA) is 97.7 Å². The van der Waals surface area contributed by atoms with Crippen molar-refractivity contribution in [1.82, 2.24) is 4.90 Å². The summed E-state index contributed by atoms with van der Waals surface area (Å²) in [4.78, 5) is 14.6. The number of aliphatic hydroxyl groups is 2. The van der Waals surface area contributed by atoms with E-state index in [1.54, 1.807) is 13.8 Å². The Morgan fingerprint density at radius 1 is 1.04 bits per heavy atom. The van der Waals surface area contributed by atoms with Crippen LogP contribution in [0.15, 0.2) is 36.1 Å². The fraction of sp³-hybridized carbons (Fsp3) is 0.837. The third-order valence-electron chi connectivity index (χ3n) is 16.8. The number of carbonyl (C=O) groups is 1.